The summed E-state index contributed by atoms with van der Waals surface area (Å²) in [5.41, 5.74) is 2.06. The molecule has 0 radical (unpaired) electrons. The number of piperidine rings is 1. The summed E-state index contributed by atoms with van der Waals surface area (Å²) in [6.07, 6.45) is 1.12. The Balaban J connectivity index is 1.89. The molecular weight excluding hydrogens is 334 g/mol. The van der Waals surface area contributed by atoms with Crippen LogP contribution < -0.4 is 0 Å². The van der Waals surface area contributed by atoms with Crippen molar-refractivity contribution in [2.45, 2.75) is 38.6 Å². The molecule has 0 spiro atoms. The van der Waals surface area contributed by atoms with Gasteiger partial charge in [0, 0.05) is 19.0 Å². The number of aromatic nitrogens is 1. The molecule has 1 N–H and O–H groups in total. The van der Waals surface area contributed by atoms with Crippen LogP contribution in [0.2, 0.25) is 0 Å². The maximum absolute atomic E-state index is 11.7. The molecule has 6 heteroatoms. The Morgan fingerprint density at radius 1 is 1.44 bits per heavy atom. The molecule has 0 unspecified atom stereocenters. The SMILES string of the molecule is C[C@H]1CC[C@H](c2ccc3sc([C@@H](C)CN(C)C)nc3c2)N(C(=O)O)C1. The highest BCUT2D eigenvalue weighted by Crippen LogP contribution is 2.36. The number of amides is 1. The maximum atomic E-state index is 11.7. The van der Waals surface area contributed by atoms with Gasteiger partial charge in [-0.3, -0.25) is 0 Å². The van der Waals surface area contributed by atoms with Gasteiger partial charge in [-0.15, -0.1) is 11.3 Å². The summed E-state index contributed by atoms with van der Waals surface area (Å²) in [5.74, 6) is 0.815. The van der Waals surface area contributed by atoms with Gasteiger partial charge >= 0.3 is 6.09 Å². The lowest BCUT2D eigenvalue weighted by atomic mass is 9.90. The third kappa shape index (κ3) is 3.96. The van der Waals surface area contributed by atoms with Crippen LogP contribution in [0.4, 0.5) is 4.79 Å². The summed E-state index contributed by atoms with van der Waals surface area (Å²) in [6.45, 7) is 5.90. The topological polar surface area (TPSA) is 56.7 Å². The Kier molecular flexibility index (Phi) is 5.29. The number of fused-ring (bicyclic) bond motifs is 1. The normalized spacial score (nSPS) is 22.5. The molecular formula is C19H27N3O2S. The molecule has 3 atom stereocenters. The fraction of sp³-hybridized carbons (Fsp3) is 0.579. The van der Waals surface area contributed by atoms with Crippen molar-refractivity contribution >= 4 is 27.6 Å². The number of hydrogen-bond acceptors (Lipinski definition) is 4. The van der Waals surface area contributed by atoms with Crippen molar-refractivity contribution in [2.75, 3.05) is 27.2 Å². The molecule has 25 heavy (non-hydrogen) atoms. The number of rotatable bonds is 4. The molecule has 1 aliphatic rings. The fourth-order valence-corrected chi connectivity index (χ4v) is 4.71. The van der Waals surface area contributed by atoms with Gasteiger partial charge in [0.1, 0.15) is 0 Å². The van der Waals surface area contributed by atoms with Crippen LogP contribution in [0.15, 0.2) is 18.2 Å². The molecule has 1 saturated heterocycles. The molecule has 2 aromatic rings. The first-order valence-corrected chi connectivity index (χ1v) is 9.71. The molecule has 1 amide bonds. The largest absolute Gasteiger partial charge is 0.465 e. The monoisotopic (exact) mass is 361 g/mol. The number of carboxylic acid groups (broad SMARTS) is 1. The number of hydrogen-bond donors (Lipinski definition) is 1. The predicted octanol–water partition coefficient (Wildman–Crippen LogP) is 4.41. The highest BCUT2D eigenvalue weighted by atomic mass is 32.1. The smallest absolute Gasteiger partial charge is 0.407 e. The van der Waals surface area contributed by atoms with Crippen molar-refractivity contribution in [3.8, 4) is 0 Å². The summed E-state index contributed by atoms with van der Waals surface area (Å²) in [6, 6.07) is 6.22. The lowest BCUT2D eigenvalue weighted by molar-refractivity contribution is 0.0900. The Hall–Kier alpha value is -1.66. The number of nitrogens with zero attached hydrogens (tertiary/aromatic N) is 3. The zero-order valence-corrected chi connectivity index (χ0v) is 16.2. The summed E-state index contributed by atoms with van der Waals surface area (Å²) in [7, 11) is 4.15. The van der Waals surface area contributed by atoms with Crippen molar-refractivity contribution < 1.29 is 9.90 Å². The van der Waals surface area contributed by atoms with Gasteiger partial charge in [-0.25, -0.2) is 9.78 Å². The molecule has 0 bridgehead atoms. The van der Waals surface area contributed by atoms with Crippen molar-refractivity contribution in [1.82, 2.24) is 14.8 Å². The molecule has 1 aromatic carbocycles. The summed E-state index contributed by atoms with van der Waals surface area (Å²) >= 11 is 1.74. The molecule has 3 rings (SSSR count). The molecule has 136 valence electrons. The molecule has 0 aliphatic carbocycles. The maximum Gasteiger partial charge on any atom is 0.407 e. The second kappa shape index (κ2) is 7.30. The number of likely N-dealkylation sites (tertiary alicyclic amines) is 1. The zero-order valence-electron chi connectivity index (χ0n) is 15.4. The van der Waals surface area contributed by atoms with Gasteiger partial charge in [0.05, 0.1) is 21.3 Å². The van der Waals surface area contributed by atoms with E-state index in [0.717, 1.165) is 35.5 Å². The number of benzene rings is 1. The van der Waals surface area contributed by atoms with E-state index in [1.165, 1.54) is 4.70 Å². The second-order valence-corrected chi connectivity index (χ2v) is 8.64. The van der Waals surface area contributed by atoms with E-state index in [1.807, 2.05) is 0 Å². The van der Waals surface area contributed by atoms with E-state index in [-0.39, 0.29) is 6.04 Å². The first-order valence-electron chi connectivity index (χ1n) is 8.89. The first-order chi connectivity index (χ1) is 11.8. The van der Waals surface area contributed by atoms with Crippen LogP contribution in [-0.4, -0.2) is 53.2 Å². The van der Waals surface area contributed by atoms with E-state index >= 15 is 0 Å². The van der Waals surface area contributed by atoms with Gasteiger partial charge < -0.3 is 14.9 Å². The van der Waals surface area contributed by atoms with Gasteiger partial charge in [0.25, 0.3) is 0 Å². The molecule has 0 saturated carbocycles. The van der Waals surface area contributed by atoms with Crippen molar-refractivity contribution in [2.24, 2.45) is 5.92 Å². The predicted molar refractivity (Wildman–Crippen MR) is 102 cm³/mol. The van der Waals surface area contributed by atoms with E-state index in [1.54, 1.807) is 16.2 Å². The van der Waals surface area contributed by atoms with Crippen LogP contribution in [0.5, 0.6) is 0 Å². The summed E-state index contributed by atoms with van der Waals surface area (Å²) in [5, 5.41) is 10.7. The van der Waals surface area contributed by atoms with E-state index in [9.17, 15) is 9.90 Å². The zero-order chi connectivity index (χ0) is 18.1. The highest BCUT2D eigenvalue weighted by Gasteiger charge is 2.31. The second-order valence-electron chi connectivity index (χ2n) is 7.58. The number of thiazole rings is 1. The van der Waals surface area contributed by atoms with Crippen LogP contribution in [-0.2, 0) is 0 Å². The van der Waals surface area contributed by atoms with E-state index in [4.69, 9.17) is 4.98 Å². The minimum absolute atomic E-state index is 0.0533. The van der Waals surface area contributed by atoms with Gasteiger partial charge in [0.15, 0.2) is 0 Å². The van der Waals surface area contributed by atoms with Crippen molar-refractivity contribution in [3.05, 3.63) is 28.8 Å². The average Bonchev–Trinajstić information content (AvgIpc) is 2.97. The van der Waals surface area contributed by atoms with E-state index in [0.29, 0.717) is 18.4 Å². The molecule has 1 aromatic heterocycles. The average molecular weight is 362 g/mol. The molecule has 1 fully saturated rings. The molecule has 5 nitrogen and oxygen atoms in total. The number of likely N-dealkylation sites (N-methyl/N-ethyl adjacent to an activating group) is 1. The fourth-order valence-electron chi connectivity index (χ4n) is 3.72. The standard InChI is InChI=1S/C19H27N3O2S/c1-12-5-7-16(22(10-12)19(23)24)14-6-8-17-15(9-14)20-18(25-17)13(2)11-21(3)4/h6,8-9,12-13,16H,5,7,10-11H2,1-4H3,(H,23,24)/t12-,13-,16+/m0/s1. The summed E-state index contributed by atoms with van der Waals surface area (Å²) < 4.78 is 1.18. The van der Waals surface area contributed by atoms with E-state index in [2.05, 4.69) is 51.0 Å². The lowest BCUT2D eigenvalue weighted by Gasteiger charge is -2.37. The van der Waals surface area contributed by atoms with Crippen molar-refractivity contribution in [1.29, 1.82) is 0 Å². The third-order valence-corrected chi connectivity index (χ3v) is 6.20. The Morgan fingerprint density at radius 3 is 2.88 bits per heavy atom. The van der Waals surface area contributed by atoms with Gasteiger partial charge in [0.2, 0.25) is 0 Å². The van der Waals surface area contributed by atoms with Gasteiger partial charge in [-0.1, -0.05) is 19.9 Å². The van der Waals surface area contributed by atoms with Gasteiger partial charge in [-0.05, 0) is 50.6 Å². The van der Waals surface area contributed by atoms with Crippen molar-refractivity contribution in [3.63, 3.8) is 0 Å². The minimum atomic E-state index is -0.824. The highest BCUT2D eigenvalue weighted by molar-refractivity contribution is 7.18. The van der Waals surface area contributed by atoms with Crippen LogP contribution >= 0.6 is 11.3 Å². The molecule has 2 heterocycles. The molecule has 1 aliphatic heterocycles. The Labute approximate surface area is 153 Å². The van der Waals surface area contributed by atoms with Crippen LogP contribution in [0, 0.1) is 5.92 Å². The lowest BCUT2D eigenvalue weighted by Crippen LogP contribution is -2.40. The quantitative estimate of drug-likeness (QED) is 0.876. The van der Waals surface area contributed by atoms with Crippen LogP contribution in [0.25, 0.3) is 10.2 Å². The third-order valence-electron chi connectivity index (χ3n) is 4.94. The van der Waals surface area contributed by atoms with Gasteiger partial charge in [-0.2, -0.15) is 0 Å². The Morgan fingerprint density at radius 2 is 2.20 bits per heavy atom. The Bertz CT molecular complexity index is 758. The van der Waals surface area contributed by atoms with Crippen LogP contribution in [0.3, 0.4) is 0 Å². The number of carbonyl (C=O) groups is 1. The summed E-state index contributed by atoms with van der Waals surface area (Å²) in [4.78, 5) is 20.3. The minimum Gasteiger partial charge on any atom is -0.465 e. The van der Waals surface area contributed by atoms with Crippen LogP contribution in [0.1, 0.15) is 49.2 Å². The van der Waals surface area contributed by atoms with E-state index < -0.39 is 6.09 Å². The first kappa shape index (κ1) is 18.1.